The second kappa shape index (κ2) is 55.1. The predicted octanol–water partition coefficient (Wildman–Crippen LogP) is 4.64. The van der Waals surface area contributed by atoms with Gasteiger partial charge in [-0.1, -0.05) is 181 Å². The van der Waals surface area contributed by atoms with Crippen molar-refractivity contribution in [3.05, 3.63) is 0 Å². The van der Waals surface area contributed by atoms with Gasteiger partial charge in [0.2, 0.25) is 11.8 Å². The fourth-order valence-corrected chi connectivity index (χ4v) is 14.0. The molecular weight excluding hydrogens is 1330 g/mol. The summed E-state index contributed by atoms with van der Waals surface area (Å²) in [6.07, 6.45) is 6.06. The maximum Gasteiger partial charge on any atom is 0.297 e. The topological polar surface area (TPSA) is 306 Å². The van der Waals surface area contributed by atoms with Crippen LogP contribution in [-0.4, -0.2) is 208 Å². The minimum absolute atomic E-state index is 0.170. The number of hydrogen-bond donors (Lipinski definition) is 11. The van der Waals surface area contributed by atoms with Crippen LogP contribution in [0.1, 0.15) is 195 Å². The van der Waals surface area contributed by atoms with Gasteiger partial charge in [0.05, 0.1) is 49.8 Å². The fourth-order valence-electron chi connectivity index (χ4n) is 11.0. The Kier molecular flexibility index (Phi) is 48.4. The molecule has 3 heterocycles. The van der Waals surface area contributed by atoms with Gasteiger partial charge in [0.15, 0.2) is 12.6 Å². The summed E-state index contributed by atoms with van der Waals surface area (Å²) >= 11 is 1.83. The molecule has 0 spiro atoms. The third kappa shape index (κ3) is 36.5. The minimum atomic E-state index is -1.88. The standard InChI is InChI=1S/C80H104N2O17S2/c1-6-9-12-15-18-21-24-27-28-29-30-31-32-33-34-35-36-37-40-43-46-49-52-55-66(85)81-61(68(87)63(84)54-51-48-45-42-39-26-23-20-17-14-11-8-3)57-97-80-74(93)72(91)70(89)65(99-80)59-101-76-75(77(94)82(5)78(76)95)100-58-64-69(88)71(90)73(92)79(98-64)96-56-60(4)67(86)62(83)53-50-47-44-41-38-25-22-19-16-13-10-7-2/h60-65,67-76,79-80,83-84,86-93H,7-8,10-11,13-14,16-17,19-20,22-23,25-26,38-39,41-42,44-45,47-48,50-51,53-54,56-59H2,1-5H3,(H,81,85)/t60-,61-,62+,63+,64?,65?,67-,68-,69-,70-,71-,72-,73?,74?,75?,76?,79-,80-/m0/s1. The molecule has 0 aromatic rings. The highest BCUT2D eigenvalue weighted by atomic mass is 32.2. The monoisotopic (exact) mass is 1430 g/mol. The smallest absolute Gasteiger partial charge is 0.297 e. The third-order valence-corrected chi connectivity index (χ3v) is 19.9. The van der Waals surface area contributed by atoms with Crippen molar-refractivity contribution >= 4 is 41.2 Å². The van der Waals surface area contributed by atoms with Crippen LogP contribution in [0.2, 0.25) is 0 Å². The lowest BCUT2D eigenvalue weighted by molar-refractivity contribution is -0.295. The van der Waals surface area contributed by atoms with Gasteiger partial charge in [0.1, 0.15) is 53.2 Å². The Morgan fingerprint density at radius 1 is 0.446 bits per heavy atom. The van der Waals surface area contributed by atoms with E-state index in [0.717, 1.165) is 86.2 Å². The molecule has 18 atom stereocenters. The predicted molar refractivity (Wildman–Crippen MR) is 391 cm³/mol. The third-order valence-electron chi connectivity index (χ3n) is 17.0. The van der Waals surface area contributed by atoms with Crippen molar-refractivity contribution in [2.45, 2.75) is 297 Å². The number of unbranched alkanes of at least 4 members (excludes halogenated alkanes) is 22. The van der Waals surface area contributed by atoms with Crippen molar-refractivity contribution < 1.29 is 84.4 Å². The average Bonchev–Trinajstić information content (AvgIpc) is 1.77. The second-order valence-electron chi connectivity index (χ2n) is 25.1. The van der Waals surface area contributed by atoms with Gasteiger partial charge >= 0.3 is 0 Å². The Balaban J connectivity index is 1.63. The minimum Gasteiger partial charge on any atom is -0.390 e. The van der Waals surface area contributed by atoms with Crippen LogP contribution in [0.15, 0.2) is 0 Å². The number of carbonyl (C=O) groups is 3. The number of imide groups is 1. The van der Waals surface area contributed by atoms with Crippen molar-refractivity contribution in [2.75, 3.05) is 31.8 Å². The molecule has 3 saturated heterocycles. The Hall–Kier alpha value is -6.53. The number of hydrogen-bond acceptors (Lipinski definition) is 19. The van der Waals surface area contributed by atoms with Gasteiger partial charge in [-0.2, -0.15) is 0 Å². The molecule has 6 unspecified atom stereocenters. The van der Waals surface area contributed by atoms with Crippen LogP contribution < -0.4 is 5.32 Å². The Bertz CT molecular complexity index is 3330. The summed E-state index contributed by atoms with van der Waals surface area (Å²) in [6, 6.07) is -1.38. The first-order valence-electron chi connectivity index (χ1n) is 35.5. The highest BCUT2D eigenvalue weighted by molar-refractivity contribution is 8.04. The van der Waals surface area contributed by atoms with E-state index >= 15 is 0 Å². The number of likely N-dealkylation sites (tertiary alicyclic amines) is 1. The van der Waals surface area contributed by atoms with E-state index in [9.17, 15) is 65.4 Å². The van der Waals surface area contributed by atoms with Crippen LogP contribution in [0.25, 0.3) is 0 Å². The Morgan fingerprint density at radius 3 is 1.10 bits per heavy atom. The lowest BCUT2D eigenvalue weighted by atomic mass is 9.96. The molecule has 3 aliphatic rings. The molecule has 0 aliphatic carbocycles. The van der Waals surface area contributed by atoms with Crippen molar-refractivity contribution in [2.24, 2.45) is 5.92 Å². The summed E-state index contributed by atoms with van der Waals surface area (Å²) in [6.45, 7) is 6.95. The molecule has 3 fully saturated rings. The molecule has 3 aliphatic heterocycles. The number of amides is 3. The number of nitrogens with one attached hydrogen (secondary N) is 1. The normalized spacial score (nSPS) is 23.3. The molecule has 0 bridgehead atoms. The fraction of sp³-hybridized carbons (Fsp3) is 0.662. The van der Waals surface area contributed by atoms with Crippen LogP contribution in [0.4, 0.5) is 0 Å². The van der Waals surface area contributed by atoms with E-state index in [4.69, 9.17) is 18.9 Å². The van der Waals surface area contributed by atoms with Gasteiger partial charge in [-0.15, -0.1) is 23.5 Å². The quantitative estimate of drug-likeness (QED) is 0.0225. The number of ether oxygens (including phenoxy) is 4. The molecule has 3 amide bonds. The zero-order chi connectivity index (χ0) is 73.8. The van der Waals surface area contributed by atoms with Gasteiger partial charge < -0.3 is 75.3 Å². The van der Waals surface area contributed by atoms with E-state index in [-0.39, 0.29) is 24.5 Å². The zero-order valence-corrected chi connectivity index (χ0v) is 60.8. The first kappa shape index (κ1) is 88.7. The van der Waals surface area contributed by atoms with E-state index < -0.39 is 133 Å². The van der Waals surface area contributed by atoms with Crippen LogP contribution in [0, 0.1) is 148 Å². The van der Waals surface area contributed by atoms with E-state index in [1.165, 1.54) is 96.9 Å². The summed E-state index contributed by atoms with van der Waals surface area (Å²) in [5, 5.41) is 111. The van der Waals surface area contributed by atoms with Crippen molar-refractivity contribution in [1.82, 2.24) is 10.2 Å². The van der Waals surface area contributed by atoms with Crippen LogP contribution >= 0.6 is 23.5 Å². The lowest BCUT2D eigenvalue weighted by Crippen LogP contribution is -2.60. The van der Waals surface area contributed by atoms with Crippen LogP contribution in [0.3, 0.4) is 0 Å². The zero-order valence-electron chi connectivity index (χ0n) is 59.2. The summed E-state index contributed by atoms with van der Waals surface area (Å²) < 4.78 is 23.7. The largest absolute Gasteiger partial charge is 0.390 e. The number of rotatable bonds is 43. The van der Waals surface area contributed by atoms with E-state index in [1.807, 2.05) is 0 Å². The second-order valence-corrected chi connectivity index (χ2v) is 27.4. The van der Waals surface area contributed by atoms with Gasteiger partial charge in [-0.25, -0.2) is 0 Å². The summed E-state index contributed by atoms with van der Waals surface area (Å²) in [5.74, 6) is 56.3. The maximum atomic E-state index is 13.7. The number of aliphatic hydroxyl groups excluding tert-OH is 10. The molecular formula is C80H104N2O17S2. The summed E-state index contributed by atoms with van der Waals surface area (Å²) in [4.78, 5) is 41.4. The van der Waals surface area contributed by atoms with Crippen molar-refractivity contribution in [3.63, 3.8) is 0 Å². The van der Waals surface area contributed by atoms with Crippen molar-refractivity contribution in [1.29, 1.82) is 0 Å². The van der Waals surface area contributed by atoms with E-state index in [2.05, 4.69) is 161 Å². The van der Waals surface area contributed by atoms with Crippen LogP contribution in [0.5, 0.6) is 0 Å². The van der Waals surface area contributed by atoms with E-state index in [1.54, 1.807) is 13.8 Å². The number of carbonyl (C=O) groups excluding carboxylic acids is 3. The number of nitrogens with zero attached hydrogens (tertiary/aromatic N) is 1. The molecule has 0 aromatic heterocycles. The molecule has 548 valence electrons. The molecule has 0 radical (unpaired) electrons. The highest BCUT2D eigenvalue weighted by Crippen LogP contribution is 2.37. The lowest BCUT2D eigenvalue weighted by Gasteiger charge is -2.41. The van der Waals surface area contributed by atoms with Gasteiger partial charge in [-0.3, -0.25) is 19.3 Å². The number of thioether (sulfide) groups is 2. The van der Waals surface area contributed by atoms with Gasteiger partial charge in [0, 0.05) is 65.9 Å². The molecule has 0 aromatic carbocycles. The van der Waals surface area contributed by atoms with Gasteiger partial charge in [0.25, 0.3) is 5.91 Å². The molecule has 21 heteroatoms. The van der Waals surface area contributed by atoms with E-state index in [0.29, 0.717) is 12.8 Å². The van der Waals surface area contributed by atoms with Crippen LogP contribution in [-0.2, 0) is 33.3 Å². The average molecular weight is 1430 g/mol. The Morgan fingerprint density at radius 2 is 0.752 bits per heavy atom. The molecule has 19 nitrogen and oxygen atoms in total. The molecule has 3 rings (SSSR count). The first-order valence-corrected chi connectivity index (χ1v) is 37.6. The molecule has 0 saturated carbocycles. The molecule has 101 heavy (non-hydrogen) atoms. The first-order chi connectivity index (χ1) is 48.9. The maximum absolute atomic E-state index is 13.7. The molecule has 11 N–H and O–H groups in total. The Labute approximate surface area is 609 Å². The highest BCUT2D eigenvalue weighted by Gasteiger charge is 2.51. The number of aliphatic hydroxyl groups is 10. The summed E-state index contributed by atoms with van der Waals surface area (Å²) in [5.41, 5.74) is 0. The summed E-state index contributed by atoms with van der Waals surface area (Å²) in [7, 11) is 1.29. The SMILES string of the molecule is CC#CC#CC#CC#CC#CC#CC#CC#CC#CC#CC#CC#CC(=O)N[C@@H](CO[C@H]1OC(CSC2C(=O)N(C)C(=O)C2SCC2O[C@H](OC[C@H](C)[C@H](O)[C@H](O)CCCCCCCCCCCCCC)C(O)[C@@H](O)[C@H]2O)[C@H](O)[C@H](O)C1O)[C@H](O)[C@H](O)CCCCCCCCCCCCCC. The van der Waals surface area contributed by atoms with Gasteiger partial charge in [-0.05, 0) is 114 Å². The van der Waals surface area contributed by atoms with Crippen molar-refractivity contribution in [3.8, 4) is 142 Å².